The molecule has 2 rings (SSSR count). The van der Waals surface area contributed by atoms with Crippen LogP contribution >= 0.6 is 0 Å². The van der Waals surface area contributed by atoms with Gasteiger partial charge in [0, 0.05) is 25.2 Å². The van der Waals surface area contributed by atoms with Gasteiger partial charge >= 0.3 is 0 Å². The lowest BCUT2D eigenvalue weighted by atomic mass is 9.95. The minimum Gasteiger partial charge on any atom is -0.381 e. The standard InChI is InChI=1S/C11H22N2O/c1-9-8-14-6-4-11(9)13(2)10-3-5-12-7-10/h9-12H,3-8H2,1-2H3. The van der Waals surface area contributed by atoms with Gasteiger partial charge in [-0.15, -0.1) is 0 Å². The molecule has 0 aromatic heterocycles. The molecule has 1 N–H and O–H groups in total. The van der Waals surface area contributed by atoms with Gasteiger partial charge in [-0.2, -0.15) is 0 Å². The van der Waals surface area contributed by atoms with Crippen molar-refractivity contribution in [2.75, 3.05) is 33.4 Å². The number of rotatable bonds is 2. The second-order valence-corrected chi connectivity index (χ2v) is 4.72. The van der Waals surface area contributed by atoms with Crippen LogP contribution < -0.4 is 5.32 Å². The lowest BCUT2D eigenvalue weighted by Gasteiger charge is -2.39. The van der Waals surface area contributed by atoms with Gasteiger partial charge in [0.05, 0.1) is 6.61 Å². The van der Waals surface area contributed by atoms with Crippen molar-refractivity contribution in [2.24, 2.45) is 5.92 Å². The molecule has 0 saturated carbocycles. The summed E-state index contributed by atoms with van der Waals surface area (Å²) in [6.07, 6.45) is 2.51. The molecule has 0 aromatic rings. The Kier molecular flexibility index (Phi) is 3.42. The maximum Gasteiger partial charge on any atom is 0.0506 e. The van der Waals surface area contributed by atoms with Crippen molar-refractivity contribution >= 4 is 0 Å². The predicted molar refractivity (Wildman–Crippen MR) is 57.4 cm³/mol. The zero-order valence-corrected chi connectivity index (χ0v) is 9.33. The molecule has 2 saturated heterocycles. The maximum atomic E-state index is 5.48. The minimum absolute atomic E-state index is 0.689. The van der Waals surface area contributed by atoms with E-state index in [2.05, 4.69) is 24.2 Å². The SMILES string of the molecule is CC1COCCC1N(C)C1CCNC1. The van der Waals surface area contributed by atoms with Gasteiger partial charge in [-0.05, 0) is 32.4 Å². The highest BCUT2D eigenvalue weighted by Crippen LogP contribution is 2.22. The average Bonchev–Trinajstić information content (AvgIpc) is 2.70. The van der Waals surface area contributed by atoms with Crippen molar-refractivity contribution in [1.82, 2.24) is 10.2 Å². The Labute approximate surface area is 86.8 Å². The van der Waals surface area contributed by atoms with Crippen LogP contribution in [0.25, 0.3) is 0 Å². The number of ether oxygens (including phenoxy) is 1. The van der Waals surface area contributed by atoms with Crippen LogP contribution in [0.2, 0.25) is 0 Å². The zero-order chi connectivity index (χ0) is 9.97. The first-order valence-corrected chi connectivity index (χ1v) is 5.79. The fourth-order valence-corrected chi connectivity index (χ4v) is 2.73. The Morgan fingerprint density at radius 1 is 1.36 bits per heavy atom. The van der Waals surface area contributed by atoms with Crippen LogP contribution in [-0.4, -0.2) is 50.3 Å². The molecule has 0 aromatic carbocycles. The number of likely N-dealkylation sites (N-methyl/N-ethyl adjacent to an activating group) is 1. The van der Waals surface area contributed by atoms with E-state index in [1.165, 1.54) is 25.9 Å². The molecule has 3 heteroatoms. The second kappa shape index (κ2) is 4.60. The van der Waals surface area contributed by atoms with E-state index >= 15 is 0 Å². The van der Waals surface area contributed by atoms with Crippen LogP contribution in [-0.2, 0) is 4.74 Å². The van der Waals surface area contributed by atoms with Crippen LogP contribution in [0.4, 0.5) is 0 Å². The van der Waals surface area contributed by atoms with Crippen LogP contribution in [0.5, 0.6) is 0 Å². The normalized spacial score (nSPS) is 39.2. The molecular formula is C11H22N2O. The van der Waals surface area contributed by atoms with Crippen molar-refractivity contribution in [1.29, 1.82) is 0 Å². The van der Waals surface area contributed by atoms with E-state index in [1.54, 1.807) is 0 Å². The lowest BCUT2D eigenvalue weighted by Crippen LogP contribution is -2.48. The maximum absolute atomic E-state index is 5.48. The number of nitrogens with zero attached hydrogens (tertiary/aromatic N) is 1. The Bertz CT molecular complexity index is 180. The monoisotopic (exact) mass is 198 g/mol. The van der Waals surface area contributed by atoms with Gasteiger partial charge in [-0.3, -0.25) is 4.90 Å². The van der Waals surface area contributed by atoms with E-state index in [9.17, 15) is 0 Å². The van der Waals surface area contributed by atoms with Crippen molar-refractivity contribution in [3.63, 3.8) is 0 Å². The lowest BCUT2D eigenvalue weighted by molar-refractivity contribution is -0.00829. The third kappa shape index (κ3) is 2.10. The van der Waals surface area contributed by atoms with E-state index < -0.39 is 0 Å². The van der Waals surface area contributed by atoms with Crippen molar-refractivity contribution in [3.8, 4) is 0 Å². The quantitative estimate of drug-likeness (QED) is 0.707. The van der Waals surface area contributed by atoms with Crippen molar-refractivity contribution in [2.45, 2.75) is 31.8 Å². The molecule has 2 heterocycles. The topological polar surface area (TPSA) is 24.5 Å². The summed E-state index contributed by atoms with van der Waals surface area (Å²) in [4.78, 5) is 2.58. The highest BCUT2D eigenvalue weighted by Gasteiger charge is 2.30. The molecule has 2 fully saturated rings. The highest BCUT2D eigenvalue weighted by molar-refractivity contribution is 4.86. The van der Waals surface area contributed by atoms with Crippen molar-refractivity contribution < 1.29 is 4.74 Å². The summed E-state index contributed by atoms with van der Waals surface area (Å²) in [5.74, 6) is 0.689. The molecule has 3 atom stereocenters. The van der Waals surface area contributed by atoms with Gasteiger partial charge < -0.3 is 10.1 Å². The first-order chi connectivity index (χ1) is 6.79. The first kappa shape index (κ1) is 10.4. The molecule has 0 amide bonds. The minimum atomic E-state index is 0.689. The van der Waals surface area contributed by atoms with Crippen LogP contribution in [0.3, 0.4) is 0 Å². The molecule has 3 nitrogen and oxygen atoms in total. The summed E-state index contributed by atoms with van der Waals surface area (Å²) >= 11 is 0. The molecule has 2 aliphatic rings. The summed E-state index contributed by atoms with van der Waals surface area (Å²) in [5, 5.41) is 3.43. The Morgan fingerprint density at radius 2 is 2.21 bits per heavy atom. The van der Waals surface area contributed by atoms with E-state index in [1.807, 2.05) is 0 Å². The molecule has 0 spiro atoms. The largest absolute Gasteiger partial charge is 0.381 e. The first-order valence-electron chi connectivity index (χ1n) is 5.79. The number of hydrogen-bond donors (Lipinski definition) is 1. The second-order valence-electron chi connectivity index (χ2n) is 4.72. The fourth-order valence-electron chi connectivity index (χ4n) is 2.73. The molecule has 3 unspecified atom stereocenters. The number of nitrogens with one attached hydrogen (secondary N) is 1. The summed E-state index contributed by atoms with van der Waals surface area (Å²) in [6, 6.07) is 1.48. The Balaban J connectivity index is 1.91. The van der Waals surface area contributed by atoms with E-state index in [0.29, 0.717) is 5.92 Å². The Morgan fingerprint density at radius 3 is 2.86 bits per heavy atom. The van der Waals surface area contributed by atoms with Gasteiger partial charge in [-0.1, -0.05) is 6.92 Å². The average molecular weight is 198 g/mol. The fraction of sp³-hybridized carbons (Fsp3) is 1.00. The third-order valence-electron chi connectivity index (χ3n) is 3.73. The van der Waals surface area contributed by atoms with Gasteiger partial charge in [0.1, 0.15) is 0 Å². The van der Waals surface area contributed by atoms with Gasteiger partial charge in [0.2, 0.25) is 0 Å². The molecule has 0 aliphatic carbocycles. The van der Waals surface area contributed by atoms with Gasteiger partial charge in [0.15, 0.2) is 0 Å². The van der Waals surface area contributed by atoms with E-state index in [4.69, 9.17) is 4.74 Å². The summed E-state index contributed by atoms with van der Waals surface area (Å²) in [6.45, 7) is 6.55. The summed E-state index contributed by atoms with van der Waals surface area (Å²) < 4.78 is 5.48. The highest BCUT2D eigenvalue weighted by atomic mass is 16.5. The third-order valence-corrected chi connectivity index (χ3v) is 3.73. The molecule has 2 aliphatic heterocycles. The predicted octanol–water partition coefficient (Wildman–Crippen LogP) is 0.705. The molecule has 82 valence electrons. The summed E-state index contributed by atoms with van der Waals surface area (Å²) in [7, 11) is 2.28. The van der Waals surface area contributed by atoms with E-state index in [-0.39, 0.29) is 0 Å². The summed E-state index contributed by atoms with van der Waals surface area (Å²) in [5.41, 5.74) is 0. The number of hydrogen-bond acceptors (Lipinski definition) is 3. The Hall–Kier alpha value is -0.120. The smallest absolute Gasteiger partial charge is 0.0506 e. The molecule has 0 radical (unpaired) electrons. The van der Waals surface area contributed by atoms with Crippen LogP contribution in [0, 0.1) is 5.92 Å². The van der Waals surface area contributed by atoms with Crippen molar-refractivity contribution in [3.05, 3.63) is 0 Å². The van der Waals surface area contributed by atoms with Gasteiger partial charge in [-0.25, -0.2) is 0 Å². The molecule has 14 heavy (non-hydrogen) atoms. The van der Waals surface area contributed by atoms with E-state index in [0.717, 1.165) is 25.3 Å². The molecule has 0 bridgehead atoms. The van der Waals surface area contributed by atoms with Crippen LogP contribution in [0.1, 0.15) is 19.8 Å². The molecular weight excluding hydrogens is 176 g/mol. The van der Waals surface area contributed by atoms with Gasteiger partial charge in [0.25, 0.3) is 0 Å². The zero-order valence-electron chi connectivity index (χ0n) is 9.33. The van der Waals surface area contributed by atoms with Crippen LogP contribution in [0.15, 0.2) is 0 Å².